The molecule has 1 fully saturated rings. The van der Waals surface area contributed by atoms with Crippen LogP contribution in [-0.2, 0) is 4.74 Å². The Kier molecular flexibility index (Phi) is 14.6. The van der Waals surface area contributed by atoms with Crippen LogP contribution in [0.5, 0.6) is 0 Å². The van der Waals surface area contributed by atoms with E-state index in [1.165, 1.54) is 103 Å². The van der Waals surface area contributed by atoms with Crippen molar-refractivity contribution in [3.05, 3.63) is 0 Å². The van der Waals surface area contributed by atoms with E-state index in [1.807, 2.05) is 0 Å². The number of piperidine rings is 1. The van der Waals surface area contributed by atoms with Gasteiger partial charge >= 0.3 is 6.09 Å². The van der Waals surface area contributed by atoms with E-state index >= 15 is 0 Å². The van der Waals surface area contributed by atoms with Crippen molar-refractivity contribution in [3.63, 3.8) is 0 Å². The van der Waals surface area contributed by atoms with Gasteiger partial charge in [0, 0.05) is 23.9 Å². The Morgan fingerprint density at radius 1 is 0.719 bits per heavy atom. The van der Waals surface area contributed by atoms with Gasteiger partial charge in [0.25, 0.3) is 0 Å². The highest BCUT2D eigenvalue weighted by molar-refractivity contribution is 5.64. The van der Waals surface area contributed by atoms with E-state index < -0.39 is 6.09 Å². The van der Waals surface area contributed by atoms with Gasteiger partial charge < -0.3 is 10.5 Å². The van der Waals surface area contributed by atoms with Crippen molar-refractivity contribution in [2.45, 2.75) is 167 Å². The van der Waals surface area contributed by atoms with Crippen molar-refractivity contribution < 1.29 is 9.53 Å². The fraction of sp³-hybridized carbons (Fsp3) is 0.964. The highest BCUT2D eigenvalue weighted by Crippen LogP contribution is 2.39. The normalized spacial score (nSPS) is 18.7. The summed E-state index contributed by atoms with van der Waals surface area (Å²) in [6.07, 6.45) is 23.5. The largest absolute Gasteiger partial charge is 0.446 e. The molecule has 1 aliphatic heterocycles. The Labute approximate surface area is 200 Å². The van der Waals surface area contributed by atoms with Gasteiger partial charge in [-0.1, -0.05) is 103 Å². The van der Waals surface area contributed by atoms with Gasteiger partial charge in [-0.2, -0.15) is 0 Å². The van der Waals surface area contributed by atoms with Crippen molar-refractivity contribution in [2.24, 2.45) is 5.73 Å². The first-order valence-electron chi connectivity index (χ1n) is 13.9. The molecule has 4 heteroatoms. The molecular weight excluding hydrogens is 396 g/mol. The summed E-state index contributed by atoms with van der Waals surface area (Å²) < 4.78 is 5.36. The highest BCUT2D eigenvalue weighted by atomic mass is 16.6. The van der Waals surface area contributed by atoms with E-state index in [0.717, 1.165) is 19.4 Å². The third-order valence-corrected chi connectivity index (χ3v) is 7.43. The van der Waals surface area contributed by atoms with Gasteiger partial charge in [-0.15, -0.1) is 0 Å². The van der Waals surface area contributed by atoms with Crippen LogP contribution in [0.15, 0.2) is 0 Å². The molecule has 1 amide bonds. The van der Waals surface area contributed by atoms with Crippen LogP contribution in [0.3, 0.4) is 0 Å². The lowest BCUT2D eigenvalue weighted by molar-refractivity contribution is -0.0827. The summed E-state index contributed by atoms with van der Waals surface area (Å²) >= 11 is 0. The first-order chi connectivity index (χ1) is 15.2. The van der Waals surface area contributed by atoms with E-state index in [1.54, 1.807) is 0 Å². The number of rotatable bonds is 18. The molecule has 1 heterocycles. The fourth-order valence-electron chi connectivity index (χ4n) is 5.90. The van der Waals surface area contributed by atoms with Crippen LogP contribution < -0.4 is 5.73 Å². The number of hydrogen-bond donors (Lipinski definition) is 1. The average molecular weight is 453 g/mol. The summed E-state index contributed by atoms with van der Waals surface area (Å²) in [6.45, 7) is 12.5. The van der Waals surface area contributed by atoms with Gasteiger partial charge in [-0.05, 0) is 40.7 Å². The van der Waals surface area contributed by atoms with E-state index in [9.17, 15) is 4.79 Å². The Bertz CT molecular complexity index is 472. The number of ether oxygens (including phenoxy) is 1. The highest BCUT2D eigenvalue weighted by Gasteiger charge is 2.45. The van der Waals surface area contributed by atoms with Gasteiger partial charge in [0.1, 0.15) is 6.10 Å². The number of nitrogens with zero attached hydrogens (tertiary/aromatic N) is 1. The molecule has 190 valence electrons. The molecule has 0 aromatic rings. The third-order valence-electron chi connectivity index (χ3n) is 7.43. The lowest BCUT2D eigenvalue weighted by Crippen LogP contribution is -2.62. The molecule has 0 bridgehead atoms. The van der Waals surface area contributed by atoms with Crippen LogP contribution in [0, 0.1) is 0 Å². The number of likely N-dealkylation sites (tertiary alicyclic amines) is 1. The maximum absolute atomic E-state index is 11.2. The number of primary amides is 1. The standard InChI is InChI=1S/C28H56N2O2/c1-6-7-8-9-10-11-12-13-14-15-16-17-18-19-20-21-22-30-27(2,3)23-25(32-26(29)31)24-28(30,4)5/h25H,6-24H2,1-5H3,(H2,29,31). The Morgan fingerprint density at radius 3 is 1.41 bits per heavy atom. The zero-order valence-corrected chi connectivity index (χ0v) is 22.4. The molecule has 0 aromatic heterocycles. The molecule has 0 spiro atoms. The number of unbranched alkanes of at least 4 members (excludes halogenated alkanes) is 15. The number of hydrogen-bond acceptors (Lipinski definition) is 3. The summed E-state index contributed by atoms with van der Waals surface area (Å²) in [5, 5.41) is 0. The molecule has 4 nitrogen and oxygen atoms in total. The molecule has 0 radical (unpaired) electrons. The second-order valence-corrected chi connectivity index (χ2v) is 11.5. The summed E-state index contributed by atoms with van der Waals surface area (Å²) in [5.74, 6) is 0. The van der Waals surface area contributed by atoms with Gasteiger partial charge in [0.2, 0.25) is 0 Å². The minimum Gasteiger partial charge on any atom is -0.446 e. The Balaban J connectivity index is 2.03. The summed E-state index contributed by atoms with van der Waals surface area (Å²) in [6, 6.07) is 0. The molecule has 0 atom stereocenters. The second kappa shape index (κ2) is 16.0. The van der Waals surface area contributed by atoms with Crippen LogP contribution in [0.2, 0.25) is 0 Å². The topological polar surface area (TPSA) is 55.6 Å². The zero-order chi connectivity index (χ0) is 23.9. The van der Waals surface area contributed by atoms with Crippen molar-refractivity contribution >= 4 is 6.09 Å². The van der Waals surface area contributed by atoms with Crippen molar-refractivity contribution in [1.29, 1.82) is 0 Å². The number of carbonyl (C=O) groups is 1. The average Bonchev–Trinajstić information content (AvgIpc) is 2.67. The molecule has 1 saturated heterocycles. The van der Waals surface area contributed by atoms with Crippen LogP contribution in [0.4, 0.5) is 4.79 Å². The molecule has 0 aliphatic carbocycles. The van der Waals surface area contributed by atoms with Gasteiger partial charge in [0.05, 0.1) is 0 Å². The fourth-order valence-corrected chi connectivity index (χ4v) is 5.90. The summed E-state index contributed by atoms with van der Waals surface area (Å²) in [7, 11) is 0. The molecule has 32 heavy (non-hydrogen) atoms. The smallest absolute Gasteiger partial charge is 0.404 e. The summed E-state index contributed by atoms with van der Waals surface area (Å²) in [4.78, 5) is 13.8. The third kappa shape index (κ3) is 12.5. The SMILES string of the molecule is CCCCCCCCCCCCCCCCCCN1C(C)(C)CC(OC(N)=O)CC1(C)C. The Morgan fingerprint density at radius 2 is 1.06 bits per heavy atom. The van der Waals surface area contributed by atoms with Crippen LogP contribution in [0.1, 0.15) is 150 Å². The predicted molar refractivity (Wildman–Crippen MR) is 138 cm³/mol. The van der Waals surface area contributed by atoms with Gasteiger partial charge in [0.15, 0.2) is 0 Å². The maximum atomic E-state index is 11.2. The summed E-state index contributed by atoms with van der Waals surface area (Å²) in [5.41, 5.74) is 5.31. The number of nitrogens with two attached hydrogens (primary N) is 1. The molecular formula is C28H56N2O2. The van der Waals surface area contributed by atoms with Gasteiger partial charge in [-0.3, -0.25) is 4.90 Å². The molecule has 0 aromatic carbocycles. The zero-order valence-electron chi connectivity index (χ0n) is 22.4. The van der Waals surface area contributed by atoms with Crippen molar-refractivity contribution in [2.75, 3.05) is 6.54 Å². The minimum absolute atomic E-state index is 0.0252. The van der Waals surface area contributed by atoms with E-state index in [-0.39, 0.29) is 17.2 Å². The molecule has 0 saturated carbocycles. The molecule has 1 rings (SSSR count). The van der Waals surface area contributed by atoms with Crippen LogP contribution >= 0.6 is 0 Å². The Hall–Kier alpha value is -0.770. The lowest BCUT2D eigenvalue weighted by atomic mass is 9.78. The monoisotopic (exact) mass is 452 g/mol. The van der Waals surface area contributed by atoms with Crippen molar-refractivity contribution in [3.8, 4) is 0 Å². The number of amides is 1. The van der Waals surface area contributed by atoms with Crippen molar-refractivity contribution in [1.82, 2.24) is 4.90 Å². The lowest BCUT2D eigenvalue weighted by Gasteiger charge is -2.55. The van der Waals surface area contributed by atoms with E-state index in [2.05, 4.69) is 39.5 Å². The van der Waals surface area contributed by atoms with Crippen LogP contribution in [0.25, 0.3) is 0 Å². The first kappa shape index (κ1) is 29.3. The van der Waals surface area contributed by atoms with Gasteiger partial charge in [-0.25, -0.2) is 4.79 Å². The second-order valence-electron chi connectivity index (χ2n) is 11.5. The van der Waals surface area contributed by atoms with E-state index in [4.69, 9.17) is 10.5 Å². The maximum Gasteiger partial charge on any atom is 0.404 e. The molecule has 2 N–H and O–H groups in total. The van der Waals surface area contributed by atoms with Crippen LogP contribution in [-0.4, -0.2) is 34.7 Å². The predicted octanol–water partition coefficient (Wildman–Crippen LogP) is 8.36. The first-order valence-corrected chi connectivity index (χ1v) is 13.9. The molecule has 1 aliphatic rings. The molecule has 0 unspecified atom stereocenters. The minimum atomic E-state index is -0.646. The van der Waals surface area contributed by atoms with E-state index in [0.29, 0.717) is 0 Å². The number of carbonyl (C=O) groups excluding carboxylic acids is 1. The quantitative estimate of drug-likeness (QED) is 0.212.